The third kappa shape index (κ3) is 5.75. The van der Waals surface area contributed by atoms with Crippen molar-refractivity contribution in [2.75, 3.05) is 44.8 Å². The summed E-state index contributed by atoms with van der Waals surface area (Å²) in [5.41, 5.74) is 0.850. The van der Waals surface area contributed by atoms with Crippen LogP contribution in [-0.2, 0) is 9.53 Å². The normalized spacial score (nSPS) is 15.5. The van der Waals surface area contributed by atoms with E-state index in [0.29, 0.717) is 26.4 Å². The van der Waals surface area contributed by atoms with E-state index >= 15 is 0 Å². The molecule has 1 heterocycles. The molecule has 0 saturated carbocycles. The predicted octanol–water partition coefficient (Wildman–Crippen LogP) is 2.77. The Hall–Kier alpha value is -1.75. The molecule has 5 nitrogen and oxygen atoms in total. The number of likely N-dealkylation sites (tertiary alicyclic amines) is 1. The molecule has 0 spiro atoms. The van der Waals surface area contributed by atoms with Crippen LogP contribution in [0, 0.1) is 5.92 Å². The van der Waals surface area contributed by atoms with Gasteiger partial charge in [-0.2, -0.15) is 0 Å². The van der Waals surface area contributed by atoms with Crippen LogP contribution in [0.5, 0.6) is 5.75 Å². The Bertz CT molecular complexity index is 485. The van der Waals surface area contributed by atoms with Crippen molar-refractivity contribution < 1.29 is 14.3 Å². The van der Waals surface area contributed by atoms with Crippen LogP contribution in [0.4, 0.5) is 5.69 Å². The average Bonchev–Trinajstić information content (AvgIpc) is 2.58. The van der Waals surface area contributed by atoms with Crippen molar-refractivity contribution >= 4 is 11.6 Å². The minimum absolute atomic E-state index is 0.154. The minimum Gasteiger partial charge on any atom is -0.489 e. The average molecular weight is 320 g/mol. The molecule has 0 atom stereocenters. The smallest absolute Gasteiger partial charge is 0.241 e. The van der Waals surface area contributed by atoms with E-state index in [9.17, 15) is 4.79 Å². The van der Waals surface area contributed by atoms with Gasteiger partial charge in [-0.05, 0) is 37.8 Å². The number of carbonyl (C=O) groups is 1. The van der Waals surface area contributed by atoms with Crippen molar-refractivity contribution in [2.24, 2.45) is 5.92 Å². The lowest BCUT2D eigenvalue weighted by Crippen LogP contribution is -2.40. The molecular formula is C18H28N2O3. The van der Waals surface area contributed by atoms with Crippen molar-refractivity contribution in [3.63, 3.8) is 0 Å². The second-order valence-corrected chi connectivity index (χ2v) is 5.96. The van der Waals surface area contributed by atoms with E-state index in [0.717, 1.165) is 43.3 Å². The second kappa shape index (κ2) is 9.40. The van der Waals surface area contributed by atoms with E-state index in [1.165, 1.54) is 0 Å². The SMILES string of the molecule is CCOCCOc1ccccc1NCC(=O)N1CCC(C)CC1. The van der Waals surface area contributed by atoms with Crippen molar-refractivity contribution in [1.29, 1.82) is 0 Å². The molecule has 1 N–H and O–H groups in total. The zero-order chi connectivity index (χ0) is 16.5. The first-order valence-electron chi connectivity index (χ1n) is 8.52. The molecule has 1 aromatic carbocycles. The molecule has 0 bridgehead atoms. The zero-order valence-corrected chi connectivity index (χ0v) is 14.2. The molecule has 1 fully saturated rings. The summed E-state index contributed by atoms with van der Waals surface area (Å²) < 4.78 is 11.0. The lowest BCUT2D eigenvalue weighted by molar-refractivity contribution is -0.130. The van der Waals surface area contributed by atoms with Gasteiger partial charge in [0.15, 0.2) is 0 Å². The van der Waals surface area contributed by atoms with Gasteiger partial charge in [-0.1, -0.05) is 19.1 Å². The maximum absolute atomic E-state index is 12.3. The van der Waals surface area contributed by atoms with Crippen LogP contribution < -0.4 is 10.1 Å². The number of hydrogen-bond donors (Lipinski definition) is 1. The number of rotatable bonds is 8. The number of hydrogen-bond acceptors (Lipinski definition) is 4. The first-order valence-corrected chi connectivity index (χ1v) is 8.52. The summed E-state index contributed by atoms with van der Waals surface area (Å²) in [7, 11) is 0. The number of piperidine rings is 1. The molecule has 5 heteroatoms. The van der Waals surface area contributed by atoms with E-state index < -0.39 is 0 Å². The van der Waals surface area contributed by atoms with Crippen LogP contribution in [-0.4, -0.2) is 50.3 Å². The van der Waals surface area contributed by atoms with Gasteiger partial charge >= 0.3 is 0 Å². The monoisotopic (exact) mass is 320 g/mol. The second-order valence-electron chi connectivity index (χ2n) is 5.96. The summed E-state index contributed by atoms with van der Waals surface area (Å²) in [5.74, 6) is 1.64. The molecule has 0 aliphatic carbocycles. The van der Waals surface area contributed by atoms with E-state index in [1.54, 1.807) is 0 Å². The van der Waals surface area contributed by atoms with Crippen LogP contribution >= 0.6 is 0 Å². The molecule has 0 radical (unpaired) electrons. The highest BCUT2D eigenvalue weighted by molar-refractivity contribution is 5.81. The van der Waals surface area contributed by atoms with Crippen LogP contribution in [0.25, 0.3) is 0 Å². The standard InChI is InChI=1S/C18H28N2O3/c1-3-22-12-13-23-17-7-5-4-6-16(17)19-14-18(21)20-10-8-15(2)9-11-20/h4-7,15,19H,3,8-14H2,1-2H3. The van der Waals surface area contributed by atoms with E-state index in [2.05, 4.69) is 12.2 Å². The summed E-state index contributed by atoms with van der Waals surface area (Å²) in [5, 5.41) is 3.21. The highest BCUT2D eigenvalue weighted by Crippen LogP contribution is 2.23. The van der Waals surface area contributed by atoms with Crippen LogP contribution in [0.1, 0.15) is 26.7 Å². The number of anilines is 1. The number of benzene rings is 1. The van der Waals surface area contributed by atoms with Crippen molar-refractivity contribution in [3.05, 3.63) is 24.3 Å². The molecule has 2 rings (SSSR count). The maximum Gasteiger partial charge on any atom is 0.241 e. The zero-order valence-electron chi connectivity index (χ0n) is 14.2. The Morgan fingerprint density at radius 1 is 1.26 bits per heavy atom. The summed E-state index contributed by atoms with van der Waals surface area (Å²) in [4.78, 5) is 14.2. The highest BCUT2D eigenvalue weighted by Gasteiger charge is 2.20. The number of amides is 1. The molecule has 0 aromatic heterocycles. The van der Waals surface area contributed by atoms with Gasteiger partial charge in [0.25, 0.3) is 0 Å². The highest BCUT2D eigenvalue weighted by atomic mass is 16.5. The van der Waals surface area contributed by atoms with Gasteiger partial charge in [0.05, 0.1) is 18.8 Å². The van der Waals surface area contributed by atoms with Crippen molar-refractivity contribution in [1.82, 2.24) is 4.90 Å². The largest absolute Gasteiger partial charge is 0.489 e. The molecule has 1 saturated heterocycles. The fourth-order valence-electron chi connectivity index (χ4n) is 2.63. The summed E-state index contributed by atoms with van der Waals surface area (Å²) in [6, 6.07) is 7.70. The van der Waals surface area contributed by atoms with Crippen LogP contribution in [0.15, 0.2) is 24.3 Å². The van der Waals surface area contributed by atoms with E-state index in [4.69, 9.17) is 9.47 Å². The minimum atomic E-state index is 0.154. The first-order chi connectivity index (χ1) is 11.2. The summed E-state index contributed by atoms with van der Waals surface area (Å²) >= 11 is 0. The number of ether oxygens (including phenoxy) is 2. The quantitative estimate of drug-likeness (QED) is 0.748. The van der Waals surface area contributed by atoms with Crippen LogP contribution in [0.2, 0.25) is 0 Å². The lowest BCUT2D eigenvalue weighted by atomic mass is 9.99. The number of nitrogens with one attached hydrogen (secondary N) is 1. The third-order valence-electron chi connectivity index (χ3n) is 4.14. The molecule has 128 valence electrons. The van der Waals surface area contributed by atoms with Gasteiger partial charge in [0.1, 0.15) is 12.4 Å². The number of nitrogens with zero attached hydrogens (tertiary/aromatic N) is 1. The van der Waals surface area contributed by atoms with E-state index in [1.807, 2.05) is 36.1 Å². The molecule has 1 aliphatic heterocycles. The molecule has 1 aromatic rings. The predicted molar refractivity (Wildman–Crippen MR) is 91.9 cm³/mol. The fraction of sp³-hybridized carbons (Fsp3) is 0.611. The van der Waals surface area contributed by atoms with Crippen molar-refractivity contribution in [3.8, 4) is 5.75 Å². The summed E-state index contributed by atoms with van der Waals surface area (Å²) in [6.07, 6.45) is 2.20. The molecule has 23 heavy (non-hydrogen) atoms. The van der Waals surface area contributed by atoms with Gasteiger partial charge < -0.3 is 19.7 Å². The van der Waals surface area contributed by atoms with Gasteiger partial charge in [0.2, 0.25) is 5.91 Å². The Labute approximate surface area is 139 Å². The number of carbonyl (C=O) groups excluding carboxylic acids is 1. The van der Waals surface area contributed by atoms with Crippen LogP contribution in [0.3, 0.4) is 0 Å². The first kappa shape index (κ1) is 17.6. The van der Waals surface area contributed by atoms with Crippen molar-refractivity contribution in [2.45, 2.75) is 26.7 Å². The molecule has 1 amide bonds. The third-order valence-corrected chi connectivity index (χ3v) is 4.14. The fourth-order valence-corrected chi connectivity index (χ4v) is 2.63. The number of para-hydroxylation sites is 2. The Morgan fingerprint density at radius 3 is 2.74 bits per heavy atom. The molecular weight excluding hydrogens is 292 g/mol. The molecule has 0 unspecified atom stereocenters. The lowest BCUT2D eigenvalue weighted by Gasteiger charge is -2.30. The van der Waals surface area contributed by atoms with Gasteiger partial charge in [-0.25, -0.2) is 0 Å². The Balaban J connectivity index is 1.81. The topological polar surface area (TPSA) is 50.8 Å². The summed E-state index contributed by atoms with van der Waals surface area (Å²) in [6.45, 7) is 8.01. The molecule has 1 aliphatic rings. The van der Waals surface area contributed by atoms with E-state index in [-0.39, 0.29) is 5.91 Å². The van der Waals surface area contributed by atoms with Gasteiger partial charge in [0, 0.05) is 19.7 Å². The van der Waals surface area contributed by atoms with Gasteiger partial charge in [-0.15, -0.1) is 0 Å². The maximum atomic E-state index is 12.3. The Kier molecular flexibility index (Phi) is 7.20. The Morgan fingerprint density at radius 2 is 2.00 bits per heavy atom. The van der Waals surface area contributed by atoms with Gasteiger partial charge in [-0.3, -0.25) is 4.79 Å².